The van der Waals surface area contributed by atoms with Gasteiger partial charge >= 0.3 is 5.97 Å². The van der Waals surface area contributed by atoms with Crippen molar-refractivity contribution in [2.75, 3.05) is 0 Å². The van der Waals surface area contributed by atoms with Crippen LogP contribution in [0.25, 0.3) is 17.0 Å². The van der Waals surface area contributed by atoms with Crippen molar-refractivity contribution >= 4 is 22.9 Å². The zero-order valence-electron chi connectivity index (χ0n) is 8.80. The Bertz CT molecular complexity index is 564. The maximum absolute atomic E-state index is 10.8. The molecule has 0 N–H and O–H groups in total. The van der Waals surface area contributed by atoms with Crippen LogP contribution in [0.15, 0.2) is 31.1 Å². The summed E-state index contributed by atoms with van der Waals surface area (Å²) in [6.45, 7) is 5.03. The molecule has 0 fully saturated rings. The Balaban J connectivity index is 2.58. The highest BCUT2D eigenvalue weighted by Gasteiger charge is 2.04. The van der Waals surface area contributed by atoms with E-state index in [2.05, 4.69) is 16.5 Å². The summed E-state index contributed by atoms with van der Waals surface area (Å²) in [5.41, 5.74) is 1.51. The van der Waals surface area contributed by atoms with E-state index >= 15 is 0 Å². The van der Waals surface area contributed by atoms with Crippen molar-refractivity contribution in [3.8, 4) is 5.75 Å². The predicted molar refractivity (Wildman–Crippen MR) is 60.9 cm³/mol. The average molecular weight is 214 g/mol. The number of esters is 1. The van der Waals surface area contributed by atoms with E-state index < -0.39 is 0 Å². The van der Waals surface area contributed by atoms with Gasteiger partial charge in [0, 0.05) is 12.3 Å². The van der Waals surface area contributed by atoms with Gasteiger partial charge in [-0.25, -0.2) is 9.97 Å². The molecule has 0 saturated carbocycles. The van der Waals surface area contributed by atoms with Crippen molar-refractivity contribution in [2.45, 2.75) is 6.92 Å². The average Bonchev–Trinajstić information content (AvgIpc) is 2.27. The molecule has 1 aromatic heterocycles. The van der Waals surface area contributed by atoms with Gasteiger partial charge in [-0.3, -0.25) is 4.79 Å². The summed E-state index contributed by atoms with van der Waals surface area (Å²) in [6, 6.07) is 5.21. The standard InChI is InChI=1S/C12H10N2O2/c1-3-11-10-6-9(16-8(2)15)4-5-12(10)14-7-13-11/h3-7H,1H2,2H3. The number of fused-ring (bicyclic) bond motifs is 1. The van der Waals surface area contributed by atoms with Crippen molar-refractivity contribution in [3.05, 3.63) is 36.8 Å². The van der Waals surface area contributed by atoms with Gasteiger partial charge in [0.05, 0.1) is 11.2 Å². The molecule has 0 aliphatic heterocycles. The van der Waals surface area contributed by atoms with E-state index in [0.717, 1.165) is 16.6 Å². The lowest BCUT2D eigenvalue weighted by molar-refractivity contribution is -0.131. The van der Waals surface area contributed by atoms with E-state index in [4.69, 9.17) is 4.74 Å². The van der Waals surface area contributed by atoms with Crippen LogP contribution in [-0.4, -0.2) is 15.9 Å². The molecular weight excluding hydrogens is 204 g/mol. The number of carbonyl (C=O) groups is 1. The SMILES string of the molecule is C=Cc1ncnc2ccc(OC(C)=O)cc12. The Kier molecular flexibility index (Phi) is 2.64. The second-order valence-corrected chi connectivity index (χ2v) is 3.24. The smallest absolute Gasteiger partial charge is 0.308 e. The van der Waals surface area contributed by atoms with Gasteiger partial charge in [0.1, 0.15) is 12.1 Å². The summed E-state index contributed by atoms with van der Waals surface area (Å²) in [5, 5.41) is 0.816. The third-order valence-electron chi connectivity index (χ3n) is 2.09. The first kappa shape index (κ1) is 10.3. The summed E-state index contributed by atoms with van der Waals surface area (Å²) < 4.78 is 4.99. The van der Waals surface area contributed by atoms with Crippen LogP contribution in [-0.2, 0) is 4.79 Å². The van der Waals surface area contributed by atoms with Crippen molar-refractivity contribution < 1.29 is 9.53 Å². The van der Waals surface area contributed by atoms with Gasteiger partial charge in [0.2, 0.25) is 0 Å². The fourth-order valence-corrected chi connectivity index (χ4v) is 1.45. The Morgan fingerprint density at radius 3 is 2.94 bits per heavy atom. The van der Waals surface area contributed by atoms with Crippen LogP contribution in [0.1, 0.15) is 12.6 Å². The van der Waals surface area contributed by atoms with Gasteiger partial charge in [0.15, 0.2) is 0 Å². The molecule has 0 amide bonds. The van der Waals surface area contributed by atoms with Crippen LogP contribution in [0.4, 0.5) is 0 Å². The van der Waals surface area contributed by atoms with Gasteiger partial charge in [-0.1, -0.05) is 6.58 Å². The van der Waals surface area contributed by atoms with E-state index in [0.29, 0.717) is 5.75 Å². The van der Waals surface area contributed by atoms with Crippen LogP contribution in [0.5, 0.6) is 5.75 Å². The van der Waals surface area contributed by atoms with Gasteiger partial charge in [-0.2, -0.15) is 0 Å². The number of rotatable bonds is 2. The molecule has 0 atom stereocenters. The van der Waals surface area contributed by atoms with E-state index in [-0.39, 0.29) is 5.97 Å². The minimum absolute atomic E-state index is 0.351. The lowest BCUT2D eigenvalue weighted by Crippen LogP contribution is -2.01. The summed E-state index contributed by atoms with van der Waals surface area (Å²) in [4.78, 5) is 19.0. The number of carbonyl (C=O) groups excluding carboxylic acids is 1. The van der Waals surface area contributed by atoms with E-state index in [1.54, 1.807) is 24.3 Å². The first-order valence-electron chi connectivity index (χ1n) is 4.76. The van der Waals surface area contributed by atoms with E-state index in [1.165, 1.54) is 13.3 Å². The molecule has 0 aliphatic carbocycles. The third kappa shape index (κ3) is 1.91. The molecule has 4 nitrogen and oxygen atoms in total. The molecule has 0 saturated heterocycles. The zero-order valence-corrected chi connectivity index (χ0v) is 8.80. The number of aromatic nitrogens is 2. The van der Waals surface area contributed by atoms with Gasteiger partial charge in [0.25, 0.3) is 0 Å². The Morgan fingerprint density at radius 2 is 2.25 bits per heavy atom. The number of benzene rings is 1. The minimum atomic E-state index is -0.351. The lowest BCUT2D eigenvalue weighted by atomic mass is 10.2. The van der Waals surface area contributed by atoms with Crippen LogP contribution in [0.2, 0.25) is 0 Å². The van der Waals surface area contributed by atoms with Crippen LogP contribution in [0.3, 0.4) is 0 Å². The highest BCUT2D eigenvalue weighted by Crippen LogP contribution is 2.21. The second-order valence-electron chi connectivity index (χ2n) is 3.24. The Labute approximate surface area is 92.6 Å². The minimum Gasteiger partial charge on any atom is -0.427 e. The first-order valence-corrected chi connectivity index (χ1v) is 4.76. The van der Waals surface area contributed by atoms with Crippen molar-refractivity contribution in [2.24, 2.45) is 0 Å². The largest absolute Gasteiger partial charge is 0.427 e. The van der Waals surface area contributed by atoms with Crippen molar-refractivity contribution in [3.63, 3.8) is 0 Å². The number of hydrogen-bond acceptors (Lipinski definition) is 4. The molecule has 16 heavy (non-hydrogen) atoms. The highest BCUT2D eigenvalue weighted by atomic mass is 16.5. The molecule has 4 heteroatoms. The van der Waals surface area contributed by atoms with Crippen LogP contribution in [0, 0.1) is 0 Å². The second kappa shape index (κ2) is 4.10. The molecule has 0 unspecified atom stereocenters. The molecule has 0 spiro atoms. The normalized spacial score (nSPS) is 10.1. The number of nitrogens with zero attached hydrogens (tertiary/aromatic N) is 2. The molecule has 0 bridgehead atoms. The van der Waals surface area contributed by atoms with Crippen LogP contribution < -0.4 is 4.74 Å². The van der Waals surface area contributed by atoms with Gasteiger partial charge in [-0.05, 0) is 24.3 Å². The Morgan fingerprint density at radius 1 is 1.44 bits per heavy atom. The zero-order chi connectivity index (χ0) is 11.5. The fraction of sp³-hybridized carbons (Fsp3) is 0.0833. The monoisotopic (exact) mass is 214 g/mol. The predicted octanol–water partition coefficient (Wildman–Crippen LogP) is 2.20. The fourth-order valence-electron chi connectivity index (χ4n) is 1.45. The van der Waals surface area contributed by atoms with Gasteiger partial charge in [-0.15, -0.1) is 0 Å². The number of ether oxygens (including phenoxy) is 1. The van der Waals surface area contributed by atoms with E-state index in [9.17, 15) is 4.79 Å². The quantitative estimate of drug-likeness (QED) is 0.568. The van der Waals surface area contributed by atoms with Crippen molar-refractivity contribution in [1.29, 1.82) is 0 Å². The summed E-state index contributed by atoms with van der Waals surface area (Å²) in [6.07, 6.45) is 3.12. The number of hydrogen-bond donors (Lipinski definition) is 0. The van der Waals surface area contributed by atoms with Gasteiger partial charge < -0.3 is 4.74 Å². The summed E-state index contributed by atoms with van der Waals surface area (Å²) >= 11 is 0. The molecule has 80 valence electrons. The van der Waals surface area contributed by atoms with E-state index in [1.807, 2.05) is 0 Å². The van der Waals surface area contributed by atoms with Crippen molar-refractivity contribution in [1.82, 2.24) is 9.97 Å². The molecule has 1 heterocycles. The molecule has 1 aromatic carbocycles. The topological polar surface area (TPSA) is 52.1 Å². The molecule has 0 radical (unpaired) electrons. The summed E-state index contributed by atoms with van der Waals surface area (Å²) in [7, 11) is 0. The molecule has 2 rings (SSSR count). The molecule has 2 aromatic rings. The lowest BCUT2D eigenvalue weighted by Gasteiger charge is -2.04. The highest BCUT2D eigenvalue weighted by molar-refractivity contribution is 5.87. The molecule has 0 aliphatic rings. The first-order chi connectivity index (χ1) is 7.70. The maximum atomic E-state index is 10.8. The molecular formula is C12H10N2O2. The van der Waals surface area contributed by atoms with Crippen LogP contribution >= 0.6 is 0 Å². The Hall–Kier alpha value is -2.23. The third-order valence-corrected chi connectivity index (χ3v) is 2.09. The maximum Gasteiger partial charge on any atom is 0.308 e. The summed E-state index contributed by atoms with van der Waals surface area (Å²) in [5.74, 6) is 0.134.